The Morgan fingerprint density at radius 1 is 1.00 bits per heavy atom. The minimum Gasteiger partial charge on any atom is -0.496 e. The summed E-state index contributed by atoms with van der Waals surface area (Å²) in [5.41, 5.74) is 10.4. The van der Waals surface area contributed by atoms with Crippen LogP contribution in [0, 0.1) is 0 Å². The average molecular weight is 463 g/mol. The fraction of sp³-hybridized carbons (Fsp3) is 0.269. The highest BCUT2D eigenvalue weighted by Gasteiger charge is 2.19. The van der Waals surface area contributed by atoms with Gasteiger partial charge in [0, 0.05) is 43.1 Å². The third-order valence-electron chi connectivity index (χ3n) is 5.61. The second kappa shape index (κ2) is 11.1. The summed E-state index contributed by atoms with van der Waals surface area (Å²) >= 11 is 1.49. The molecule has 0 radical (unpaired) electrons. The molecule has 1 heterocycles. The molecular formula is C26H30N4O2S. The quantitative estimate of drug-likeness (QED) is 0.385. The van der Waals surface area contributed by atoms with Crippen molar-refractivity contribution >= 4 is 29.2 Å². The highest BCUT2D eigenvalue weighted by atomic mass is 32.2. The molecule has 0 bridgehead atoms. The highest BCUT2D eigenvalue weighted by molar-refractivity contribution is 8.00. The van der Waals surface area contributed by atoms with E-state index < -0.39 is 0 Å². The fourth-order valence-corrected chi connectivity index (χ4v) is 4.69. The molecule has 0 saturated carbocycles. The van der Waals surface area contributed by atoms with E-state index in [1.807, 2.05) is 65.6 Å². The number of benzene rings is 3. The Kier molecular flexibility index (Phi) is 7.75. The first-order valence-electron chi connectivity index (χ1n) is 11.2. The predicted molar refractivity (Wildman–Crippen MR) is 137 cm³/mol. The van der Waals surface area contributed by atoms with Gasteiger partial charge in [0.05, 0.1) is 12.0 Å². The van der Waals surface area contributed by atoms with Crippen molar-refractivity contribution in [3.8, 4) is 16.9 Å². The number of nitrogens with one attached hydrogen (secondary N) is 2. The Balaban J connectivity index is 1.52. The molecule has 4 N–H and O–H groups in total. The number of amides is 1. The van der Waals surface area contributed by atoms with Crippen molar-refractivity contribution < 1.29 is 9.53 Å². The van der Waals surface area contributed by atoms with Gasteiger partial charge in [0.15, 0.2) is 0 Å². The van der Waals surface area contributed by atoms with Gasteiger partial charge in [-0.25, -0.2) is 0 Å². The average Bonchev–Trinajstić information content (AvgIpc) is 3.41. The van der Waals surface area contributed by atoms with Crippen LogP contribution in [0.1, 0.15) is 23.2 Å². The van der Waals surface area contributed by atoms with Gasteiger partial charge in [-0.05, 0) is 78.4 Å². The first-order chi connectivity index (χ1) is 16.2. The van der Waals surface area contributed by atoms with Crippen LogP contribution in [-0.4, -0.2) is 44.1 Å². The number of carbonyl (C=O) groups excluding carboxylic acids is 1. The number of hydrogen-bond acceptors (Lipinski definition) is 6. The maximum absolute atomic E-state index is 12.8. The number of likely N-dealkylation sites (tertiary alicyclic amines) is 1. The van der Waals surface area contributed by atoms with Gasteiger partial charge in [0.25, 0.3) is 5.91 Å². The molecule has 0 aromatic heterocycles. The largest absolute Gasteiger partial charge is 0.496 e. The van der Waals surface area contributed by atoms with Gasteiger partial charge in [-0.2, -0.15) is 0 Å². The lowest BCUT2D eigenvalue weighted by molar-refractivity contribution is 0.0793. The molecular weight excluding hydrogens is 432 g/mol. The fourth-order valence-electron chi connectivity index (χ4n) is 3.89. The summed E-state index contributed by atoms with van der Waals surface area (Å²) in [5.74, 6) is 0.903. The van der Waals surface area contributed by atoms with Crippen LogP contribution in [0.3, 0.4) is 0 Å². The molecule has 3 aromatic carbocycles. The van der Waals surface area contributed by atoms with Crippen LogP contribution in [0.2, 0.25) is 0 Å². The summed E-state index contributed by atoms with van der Waals surface area (Å²) in [5, 5.41) is 3.29. The molecule has 0 unspecified atom stereocenters. The molecule has 4 rings (SSSR count). The zero-order valence-electron chi connectivity index (χ0n) is 18.8. The van der Waals surface area contributed by atoms with Crippen LogP contribution in [0.4, 0.5) is 11.4 Å². The lowest BCUT2D eigenvalue weighted by atomic mass is 10.0. The lowest BCUT2D eigenvalue weighted by Crippen LogP contribution is -2.27. The van der Waals surface area contributed by atoms with Crippen LogP contribution in [0.15, 0.2) is 71.6 Å². The highest BCUT2D eigenvalue weighted by Crippen LogP contribution is 2.35. The normalized spacial score (nSPS) is 13.1. The summed E-state index contributed by atoms with van der Waals surface area (Å²) in [7, 11) is 1.67. The topological polar surface area (TPSA) is 79.6 Å². The molecule has 1 fully saturated rings. The number of nitrogens with two attached hydrogens (primary N) is 1. The Morgan fingerprint density at radius 3 is 2.55 bits per heavy atom. The van der Waals surface area contributed by atoms with Gasteiger partial charge >= 0.3 is 0 Å². The Labute approximate surface area is 199 Å². The van der Waals surface area contributed by atoms with Crippen LogP contribution >= 0.6 is 11.9 Å². The minimum atomic E-state index is 0.113. The monoisotopic (exact) mass is 462 g/mol. The van der Waals surface area contributed by atoms with Gasteiger partial charge in [-0.15, -0.1) is 0 Å². The third-order valence-corrected chi connectivity index (χ3v) is 6.49. The number of nitrogens with zero attached hydrogens (tertiary/aromatic N) is 1. The number of rotatable bonds is 9. The SMILES string of the molecule is COc1ccc(-c2cccc(C(=O)N3CCCC3)c2)cc1SNc1cccc(NCCN)c1. The molecule has 0 spiro atoms. The Hall–Kier alpha value is -3.16. The van der Waals surface area contributed by atoms with Crippen molar-refractivity contribution in [3.05, 3.63) is 72.3 Å². The molecule has 0 atom stereocenters. The smallest absolute Gasteiger partial charge is 0.253 e. The summed E-state index contributed by atoms with van der Waals surface area (Å²) in [6, 6.07) is 22.0. The standard InChI is InChI=1S/C26H30N4O2S/c1-32-24-11-10-20(19-6-4-7-21(16-19)26(31)30-14-2-3-15-30)17-25(24)33-29-23-9-5-8-22(18-23)28-13-12-27/h4-11,16-18,28-29H,2-3,12-15,27H2,1H3. The molecule has 1 amide bonds. The van der Waals surface area contributed by atoms with Crippen molar-refractivity contribution in [3.63, 3.8) is 0 Å². The second-order valence-electron chi connectivity index (χ2n) is 7.95. The molecule has 3 aromatic rings. The zero-order chi connectivity index (χ0) is 23.0. The van der Waals surface area contributed by atoms with E-state index in [1.165, 1.54) is 11.9 Å². The van der Waals surface area contributed by atoms with E-state index in [9.17, 15) is 4.79 Å². The van der Waals surface area contributed by atoms with E-state index in [4.69, 9.17) is 10.5 Å². The number of hydrogen-bond donors (Lipinski definition) is 3. The molecule has 6 nitrogen and oxygen atoms in total. The summed E-state index contributed by atoms with van der Waals surface area (Å²) in [6.45, 7) is 3.01. The van der Waals surface area contributed by atoms with E-state index in [0.29, 0.717) is 6.54 Å². The van der Waals surface area contributed by atoms with Crippen LogP contribution < -0.4 is 20.5 Å². The maximum Gasteiger partial charge on any atom is 0.253 e. The van der Waals surface area contributed by atoms with Gasteiger partial charge in [0.1, 0.15) is 5.75 Å². The molecule has 7 heteroatoms. The van der Waals surface area contributed by atoms with Crippen molar-refractivity contribution in [2.75, 3.05) is 43.3 Å². The van der Waals surface area contributed by atoms with E-state index in [-0.39, 0.29) is 5.91 Å². The minimum absolute atomic E-state index is 0.113. The van der Waals surface area contributed by atoms with E-state index in [0.717, 1.165) is 71.2 Å². The molecule has 33 heavy (non-hydrogen) atoms. The molecule has 1 saturated heterocycles. The first kappa shape index (κ1) is 23.0. The zero-order valence-corrected chi connectivity index (χ0v) is 19.7. The number of ether oxygens (including phenoxy) is 1. The van der Waals surface area contributed by atoms with Crippen molar-refractivity contribution in [1.82, 2.24) is 4.90 Å². The van der Waals surface area contributed by atoms with Gasteiger partial charge in [-0.3, -0.25) is 4.79 Å². The Morgan fingerprint density at radius 2 is 1.76 bits per heavy atom. The van der Waals surface area contributed by atoms with Crippen molar-refractivity contribution in [2.45, 2.75) is 17.7 Å². The number of methoxy groups -OCH3 is 1. The maximum atomic E-state index is 12.8. The van der Waals surface area contributed by atoms with E-state index in [2.05, 4.69) is 16.1 Å². The summed E-state index contributed by atoms with van der Waals surface area (Å²) in [4.78, 5) is 15.7. The molecule has 1 aliphatic rings. The Bertz CT molecular complexity index is 1100. The van der Waals surface area contributed by atoms with E-state index >= 15 is 0 Å². The lowest BCUT2D eigenvalue weighted by Gasteiger charge is -2.16. The number of carbonyl (C=O) groups is 1. The first-order valence-corrected chi connectivity index (χ1v) is 12.0. The second-order valence-corrected chi connectivity index (χ2v) is 8.79. The van der Waals surface area contributed by atoms with Crippen molar-refractivity contribution in [1.29, 1.82) is 0 Å². The number of anilines is 2. The van der Waals surface area contributed by atoms with Crippen molar-refractivity contribution in [2.24, 2.45) is 5.73 Å². The van der Waals surface area contributed by atoms with Gasteiger partial charge in [0.2, 0.25) is 0 Å². The summed E-state index contributed by atoms with van der Waals surface area (Å²) in [6.07, 6.45) is 2.17. The van der Waals surface area contributed by atoms with Crippen LogP contribution in [-0.2, 0) is 0 Å². The summed E-state index contributed by atoms with van der Waals surface area (Å²) < 4.78 is 8.99. The predicted octanol–water partition coefficient (Wildman–Crippen LogP) is 5.09. The third kappa shape index (κ3) is 5.80. The van der Waals surface area contributed by atoms with Gasteiger partial charge in [-0.1, -0.05) is 24.3 Å². The van der Waals surface area contributed by atoms with Crippen LogP contribution in [0.5, 0.6) is 5.75 Å². The van der Waals surface area contributed by atoms with E-state index in [1.54, 1.807) is 7.11 Å². The molecule has 0 aliphatic carbocycles. The molecule has 172 valence electrons. The van der Waals surface area contributed by atoms with Gasteiger partial charge < -0.3 is 25.4 Å². The molecule has 1 aliphatic heterocycles. The van der Waals surface area contributed by atoms with Crippen LogP contribution in [0.25, 0.3) is 11.1 Å².